The number of fused-ring (bicyclic) bond motifs is 4. The third kappa shape index (κ3) is 3.57. The third-order valence-corrected chi connectivity index (χ3v) is 8.62. The van der Waals surface area contributed by atoms with Crippen LogP contribution in [0.1, 0.15) is 38.5 Å². The smallest absolute Gasteiger partial charge is 0.0705 e. The van der Waals surface area contributed by atoms with Crippen molar-refractivity contribution >= 4 is 23.5 Å². The fourth-order valence-corrected chi connectivity index (χ4v) is 7.56. The van der Waals surface area contributed by atoms with Gasteiger partial charge in [0.1, 0.15) is 0 Å². The van der Waals surface area contributed by atoms with Crippen LogP contribution in [0.25, 0.3) is 0 Å². The molecule has 0 aromatic carbocycles. The standard InChI is InChI=1S/C16H26O3S2/c1-3-15-13(9-11(1)20-15)18-7-5-17-6-8-19-14-10-12-2-4-16(14)21-12/h11-16H,1-10H2. The van der Waals surface area contributed by atoms with Crippen LogP contribution in [0.2, 0.25) is 0 Å². The van der Waals surface area contributed by atoms with Crippen molar-refractivity contribution in [2.75, 3.05) is 26.4 Å². The zero-order valence-electron chi connectivity index (χ0n) is 12.6. The molecular weight excluding hydrogens is 304 g/mol. The van der Waals surface area contributed by atoms with E-state index < -0.39 is 0 Å². The van der Waals surface area contributed by atoms with Crippen molar-refractivity contribution in [3.63, 3.8) is 0 Å². The predicted molar refractivity (Wildman–Crippen MR) is 88.3 cm³/mol. The van der Waals surface area contributed by atoms with Gasteiger partial charge < -0.3 is 14.2 Å². The summed E-state index contributed by atoms with van der Waals surface area (Å²) >= 11 is 4.29. The molecule has 4 aliphatic heterocycles. The van der Waals surface area contributed by atoms with E-state index in [9.17, 15) is 0 Å². The Hall–Kier alpha value is 0.580. The van der Waals surface area contributed by atoms with Gasteiger partial charge in [0, 0.05) is 21.0 Å². The minimum atomic E-state index is 0.500. The average Bonchev–Trinajstić information content (AvgIpc) is 3.26. The Morgan fingerprint density at radius 3 is 1.57 bits per heavy atom. The molecule has 3 nitrogen and oxygen atoms in total. The quantitative estimate of drug-likeness (QED) is 0.638. The molecule has 0 aromatic heterocycles. The molecular formula is C16H26O3S2. The molecule has 0 N–H and O–H groups in total. The van der Waals surface area contributed by atoms with Gasteiger partial charge in [0.25, 0.3) is 0 Å². The van der Waals surface area contributed by atoms with E-state index in [0.717, 1.165) is 34.2 Å². The topological polar surface area (TPSA) is 27.7 Å². The van der Waals surface area contributed by atoms with Crippen LogP contribution in [0, 0.1) is 0 Å². The highest BCUT2D eigenvalue weighted by molar-refractivity contribution is 8.01. The minimum absolute atomic E-state index is 0.500. The third-order valence-electron chi connectivity index (χ3n) is 5.22. The van der Waals surface area contributed by atoms with Gasteiger partial charge in [-0.1, -0.05) is 0 Å². The molecule has 0 saturated carbocycles. The van der Waals surface area contributed by atoms with E-state index >= 15 is 0 Å². The Balaban J connectivity index is 1.01. The first-order valence-corrected chi connectivity index (χ1v) is 10.4. The first-order chi connectivity index (χ1) is 10.4. The van der Waals surface area contributed by atoms with E-state index in [4.69, 9.17) is 14.2 Å². The Bertz CT molecular complexity index is 322. The molecule has 0 spiro atoms. The maximum Gasteiger partial charge on any atom is 0.0705 e. The molecule has 4 bridgehead atoms. The van der Waals surface area contributed by atoms with E-state index in [1.54, 1.807) is 0 Å². The van der Waals surface area contributed by atoms with E-state index in [1.165, 1.54) is 38.5 Å². The summed E-state index contributed by atoms with van der Waals surface area (Å²) in [4.78, 5) is 0. The summed E-state index contributed by atoms with van der Waals surface area (Å²) in [6.45, 7) is 2.93. The molecule has 5 heteroatoms. The Morgan fingerprint density at radius 1 is 0.667 bits per heavy atom. The zero-order chi connectivity index (χ0) is 14.1. The summed E-state index contributed by atoms with van der Waals surface area (Å²) in [5.74, 6) is 0. The van der Waals surface area contributed by atoms with Crippen molar-refractivity contribution in [2.24, 2.45) is 0 Å². The molecule has 6 unspecified atom stereocenters. The number of ether oxygens (including phenoxy) is 3. The largest absolute Gasteiger partial charge is 0.377 e. The van der Waals surface area contributed by atoms with E-state index in [1.807, 2.05) is 0 Å². The summed E-state index contributed by atoms with van der Waals surface area (Å²) in [6, 6.07) is 0. The van der Waals surface area contributed by atoms with Crippen LogP contribution in [0.15, 0.2) is 0 Å². The lowest BCUT2D eigenvalue weighted by Crippen LogP contribution is -2.27. The highest BCUT2D eigenvalue weighted by atomic mass is 32.2. The predicted octanol–water partition coefficient (Wildman–Crippen LogP) is 3.11. The molecule has 0 radical (unpaired) electrons. The van der Waals surface area contributed by atoms with Gasteiger partial charge in [-0.25, -0.2) is 0 Å². The lowest BCUT2D eigenvalue weighted by molar-refractivity contribution is -0.0305. The molecule has 4 aliphatic rings. The van der Waals surface area contributed by atoms with Crippen LogP contribution in [0.4, 0.5) is 0 Å². The van der Waals surface area contributed by atoms with Crippen LogP contribution in [-0.4, -0.2) is 59.6 Å². The van der Waals surface area contributed by atoms with Gasteiger partial charge in [-0.05, 0) is 38.5 Å². The van der Waals surface area contributed by atoms with Crippen molar-refractivity contribution in [1.29, 1.82) is 0 Å². The monoisotopic (exact) mass is 330 g/mol. The van der Waals surface area contributed by atoms with E-state index in [0.29, 0.717) is 25.4 Å². The van der Waals surface area contributed by atoms with Crippen LogP contribution < -0.4 is 0 Å². The summed E-state index contributed by atoms with van der Waals surface area (Å²) < 4.78 is 17.6. The maximum absolute atomic E-state index is 5.97. The van der Waals surface area contributed by atoms with Crippen molar-refractivity contribution in [2.45, 2.75) is 71.7 Å². The second-order valence-electron chi connectivity index (χ2n) is 6.65. The van der Waals surface area contributed by atoms with E-state index in [-0.39, 0.29) is 0 Å². The molecule has 21 heavy (non-hydrogen) atoms. The number of hydrogen-bond donors (Lipinski definition) is 0. The molecule has 120 valence electrons. The van der Waals surface area contributed by atoms with Crippen molar-refractivity contribution < 1.29 is 14.2 Å². The van der Waals surface area contributed by atoms with Gasteiger partial charge in [-0.2, -0.15) is 23.5 Å². The van der Waals surface area contributed by atoms with Gasteiger partial charge in [0.05, 0.1) is 38.6 Å². The Labute approximate surface area is 136 Å². The highest BCUT2D eigenvalue weighted by Crippen LogP contribution is 2.47. The second-order valence-corrected chi connectivity index (χ2v) is 9.74. The minimum Gasteiger partial charge on any atom is -0.377 e. The van der Waals surface area contributed by atoms with Gasteiger partial charge >= 0.3 is 0 Å². The van der Waals surface area contributed by atoms with Crippen LogP contribution in [-0.2, 0) is 14.2 Å². The first-order valence-electron chi connectivity index (χ1n) is 8.50. The molecule has 0 amide bonds. The lowest BCUT2D eigenvalue weighted by atomic mass is 9.98. The number of thioether (sulfide) groups is 2. The normalized spacial score (nSPS) is 44.0. The Morgan fingerprint density at radius 2 is 1.19 bits per heavy atom. The van der Waals surface area contributed by atoms with Crippen molar-refractivity contribution in [1.82, 2.24) is 0 Å². The molecule has 0 aromatic rings. The zero-order valence-corrected chi connectivity index (χ0v) is 14.2. The average molecular weight is 331 g/mol. The summed E-state index contributed by atoms with van der Waals surface area (Å²) in [6.07, 6.45) is 9.06. The molecule has 4 fully saturated rings. The summed E-state index contributed by atoms with van der Waals surface area (Å²) in [7, 11) is 0. The molecule has 6 atom stereocenters. The molecule has 4 heterocycles. The summed E-state index contributed by atoms with van der Waals surface area (Å²) in [5.41, 5.74) is 0. The number of rotatable bonds is 8. The molecule has 4 rings (SSSR count). The molecule has 0 aliphatic carbocycles. The van der Waals surface area contributed by atoms with Crippen LogP contribution in [0.3, 0.4) is 0 Å². The van der Waals surface area contributed by atoms with Gasteiger partial charge in [0.15, 0.2) is 0 Å². The number of hydrogen-bond acceptors (Lipinski definition) is 5. The van der Waals surface area contributed by atoms with E-state index in [2.05, 4.69) is 23.5 Å². The Kier molecular flexibility index (Phi) is 5.04. The lowest BCUT2D eigenvalue weighted by Gasteiger charge is -2.21. The van der Waals surface area contributed by atoms with Gasteiger partial charge in [-0.3, -0.25) is 0 Å². The SMILES string of the molecule is C(COC1CC2CCC1S2)OCCOC1CC2CCC1S2. The second kappa shape index (κ2) is 7.00. The van der Waals surface area contributed by atoms with Crippen LogP contribution >= 0.6 is 23.5 Å². The van der Waals surface area contributed by atoms with Gasteiger partial charge in [-0.15, -0.1) is 0 Å². The van der Waals surface area contributed by atoms with Crippen molar-refractivity contribution in [3.05, 3.63) is 0 Å². The highest BCUT2D eigenvalue weighted by Gasteiger charge is 2.41. The van der Waals surface area contributed by atoms with Crippen LogP contribution in [0.5, 0.6) is 0 Å². The fraction of sp³-hybridized carbons (Fsp3) is 1.00. The fourth-order valence-electron chi connectivity index (χ4n) is 4.15. The first kappa shape index (κ1) is 15.1. The maximum atomic E-state index is 5.97. The van der Waals surface area contributed by atoms with Crippen molar-refractivity contribution in [3.8, 4) is 0 Å². The molecule has 4 saturated heterocycles. The van der Waals surface area contributed by atoms with Gasteiger partial charge in [0.2, 0.25) is 0 Å². The summed E-state index contributed by atoms with van der Waals surface area (Å²) in [5, 5.41) is 3.31.